The number of nitrogens with zero attached hydrogens (tertiary/aromatic N) is 2. The topological polar surface area (TPSA) is 53.8 Å². The first-order valence-corrected chi connectivity index (χ1v) is 8.22. The monoisotopic (exact) mass is 363 g/mol. The summed E-state index contributed by atoms with van der Waals surface area (Å²) in [5.74, 6) is 0.202. The molecule has 1 fully saturated rings. The zero-order valence-corrected chi connectivity index (χ0v) is 13.6. The summed E-state index contributed by atoms with van der Waals surface area (Å²) in [5, 5.41) is 10.7. The Balaban J connectivity index is 1.78. The summed E-state index contributed by atoms with van der Waals surface area (Å²) in [7, 11) is 0. The third kappa shape index (κ3) is 4.27. The highest BCUT2D eigenvalue weighted by Crippen LogP contribution is 2.36. The molecule has 0 radical (unpaired) electrons. The molecule has 0 spiro atoms. The van der Waals surface area contributed by atoms with Crippen molar-refractivity contribution in [3.8, 4) is 11.1 Å². The van der Waals surface area contributed by atoms with Crippen molar-refractivity contribution in [2.45, 2.75) is 6.18 Å². The maximum absolute atomic E-state index is 13.1. The maximum atomic E-state index is 13.1. The predicted octanol–water partition coefficient (Wildman–Crippen LogP) is 3.93. The molecule has 0 aromatic heterocycles. The van der Waals surface area contributed by atoms with Gasteiger partial charge in [-0.15, -0.1) is 5.10 Å². The summed E-state index contributed by atoms with van der Waals surface area (Å²) in [6.07, 6.45) is -2.94. The van der Waals surface area contributed by atoms with Gasteiger partial charge in [0.05, 0.1) is 17.5 Å². The Morgan fingerprint density at radius 2 is 1.80 bits per heavy atom. The zero-order valence-electron chi connectivity index (χ0n) is 12.7. The summed E-state index contributed by atoms with van der Waals surface area (Å²) in [5.41, 5.74) is 0.613. The van der Waals surface area contributed by atoms with Gasteiger partial charge in [-0.25, -0.2) is 0 Å². The van der Waals surface area contributed by atoms with Crippen molar-refractivity contribution in [3.63, 3.8) is 0 Å². The Labute approximate surface area is 145 Å². The van der Waals surface area contributed by atoms with Crippen LogP contribution in [0.1, 0.15) is 11.1 Å². The van der Waals surface area contributed by atoms with Crippen LogP contribution >= 0.6 is 11.8 Å². The van der Waals surface area contributed by atoms with Crippen LogP contribution in [0.3, 0.4) is 0 Å². The van der Waals surface area contributed by atoms with Crippen LogP contribution in [0.15, 0.2) is 58.7 Å². The fourth-order valence-electron chi connectivity index (χ4n) is 2.26. The lowest BCUT2D eigenvalue weighted by molar-refractivity contribution is -0.137. The highest BCUT2D eigenvalue weighted by atomic mass is 32.2. The normalized spacial score (nSPS) is 16.6. The quantitative estimate of drug-likeness (QED) is 0.664. The van der Waals surface area contributed by atoms with Gasteiger partial charge in [-0.3, -0.25) is 4.79 Å². The number of thioether (sulfide) groups is 1. The van der Waals surface area contributed by atoms with E-state index < -0.39 is 11.7 Å². The van der Waals surface area contributed by atoms with E-state index in [9.17, 15) is 18.0 Å². The van der Waals surface area contributed by atoms with Gasteiger partial charge in [0.1, 0.15) is 0 Å². The molecule has 8 heteroatoms. The maximum Gasteiger partial charge on any atom is 0.417 e. The summed E-state index contributed by atoms with van der Waals surface area (Å²) in [6.45, 7) is 0. The van der Waals surface area contributed by atoms with E-state index in [1.807, 2.05) is 0 Å². The van der Waals surface area contributed by atoms with Crippen LogP contribution in [0.2, 0.25) is 0 Å². The minimum absolute atomic E-state index is 0.119. The van der Waals surface area contributed by atoms with Crippen molar-refractivity contribution in [1.82, 2.24) is 5.32 Å². The molecule has 1 aliphatic heterocycles. The molecule has 0 saturated carbocycles. The van der Waals surface area contributed by atoms with Gasteiger partial charge in [-0.1, -0.05) is 54.2 Å². The van der Waals surface area contributed by atoms with E-state index in [0.717, 1.165) is 6.07 Å². The summed E-state index contributed by atoms with van der Waals surface area (Å²) < 4.78 is 39.3. The molecule has 2 aromatic carbocycles. The number of rotatable bonds is 3. The van der Waals surface area contributed by atoms with Crippen LogP contribution in [0.5, 0.6) is 0 Å². The molecule has 0 atom stereocenters. The average molecular weight is 363 g/mol. The molecule has 25 heavy (non-hydrogen) atoms. The second-order valence-corrected chi connectivity index (χ2v) is 6.12. The van der Waals surface area contributed by atoms with Gasteiger partial charge in [0, 0.05) is 0 Å². The van der Waals surface area contributed by atoms with Crippen molar-refractivity contribution in [2.75, 3.05) is 5.75 Å². The number of alkyl halides is 3. The average Bonchev–Trinajstić information content (AvgIpc) is 3.00. The minimum atomic E-state index is -4.41. The molecule has 1 heterocycles. The Morgan fingerprint density at radius 3 is 2.44 bits per heavy atom. The van der Waals surface area contributed by atoms with E-state index >= 15 is 0 Å². The third-order valence-electron chi connectivity index (χ3n) is 3.40. The summed E-state index contributed by atoms with van der Waals surface area (Å²) >= 11 is 1.26. The highest BCUT2D eigenvalue weighted by molar-refractivity contribution is 8.15. The molecule has 1 amide bonds. The van der Waals surface area contributed by atoms with Gasteiger partial charge in [0.2, 0.25) is 5.91 Å². The number of hydrogen-bond donors (Lipinski definition) is 1. The number of carbonyl (C=O) groups is 1. The number of amides is 1. The molecular weight excluding hydrogens is 351 g/mol. The van der Waals surface area contributed by atoms with Crippen LogP contribution in [-0.4, -0.2) is 23.0 Å². The fourth-order valence-corrected chi connectivity index (χ4v) is 2.89. The minimum Gasteiger partial charge on any atom is -0.303 e. The SMILES string of the molecule is O=C1CSC(=NN=Cc2ccc(-c3ccccc3C(F)(F)F)cc2)N1. The van der Waals surface area contributed by atoms with Crippen LogP contribution in [0.25, 0.3) is 11.1 Å². The Bertz CT molecular complexity index is 845. The summed E-state index contributed by atoms with van der Waals surface area (Å²) in [4.78, 5) is 11.0. The standard InChI is InChI=1S/C17H12F3N3OS/c18-17(19,20)14-4-2-1-3-13(14)12-7-5-11(6-8-12)9-21-23-16-22-15(24)10-25-16/h1-9H,10H2,(H,22,23,24). The first-order valence-electron chi connectivity index (χ1n) is 7.24. The number of benzene rings is 2. The molecule has 1 aliphatic rings. The molecule has 1 saturated heterocycles. The molecule has 0 aliphatic carbocycles. The Kier molecular flexibility index (Phi) is 4.89. The number of halogens is 3. The van der Waals surface area contributed by atoms with Gasteiger partial charge in [-0.2, -0.15) is 18.3 Å². The second kappa shape index (κ2) is 7.10. The zero-order chi connectivity index (χ0) is 17.9. The van der Waals surface area contributed by atoms with E-state index in [2.05, 4.69) is 15.5 Å². The van der Waals surface area contributed by atoms with Crippen molar-refractivity contribution >= 4 is 29.1 Å². The third-order valence-corrected chi connectivity index (χ3v) is 4.26. The largest absolute Gasteiger partial charge is 0.417 e. The van der Waals surface area contributed by atoms with Crippen molar-refractivity contribution in [1.29, 1.82) is 0 Å². The van der Waals surface area contributed by atoms with Gasteiger partial charge in [0.15, 0.2) is 5.17 Å². The Morgan fingerprint density at radius 1 is 1.08 bits per heavy atom. The summed E-state index contributed by atoms with van der Waals surface area (Å²) in [6, 6.07) is 12.0. The van der Waals surface area contributed by atoms with Crippen LogP contribution in [0, 0.1) is 0 Å². The van der Waals surface area contributed by atoms with Crippen LogP contribution in [-0.2, 0) is 11.0 Å². The lowest BCUT2D eigenvalue weighted by Crippen LogP contribution is -2.19. The van der Waals surface area contributed by atoms with Crippen molar-refractivity contribution in [3.05, 3.63) is 59.7 Å². The number of amidine groups is 1. The molecule has 1 N–H and O–H groups in total. The van der Waals surface area contributed by atoms with Crippen LogP contribution < -0.4 is 5.32 Å². The highest BCUT2D eigenvalue weighted by Gasteiger charge is 2.33. The van der Waals surface area contributed by atoms with Crippen molar-refractivity contribution in [2.24, 2.45) is 10.2 Å². The number of carbonyl (C=O) groups excluding carboxylic acids is 1. The lowest BCUT2D eigenvalue weighted by atomic mass is 9.98. The van der Waals surface area contributed by atoms with Gasteiger partial charge in [-0.05, 0) is 22.8 Å². The second-order valence-electron chi connectivity index (χ2n) is 5.15. The lowest BCUT2D eigenvalue weighted by Gasteiger charge is -2.12. The fraction of sp³-hybridized carbons (Fsp3) is 0.118. The molecule has 128 valence electrons. The number of hydrogen-bond acceptors (Lipinski definition) is 4. The van der Waals surface area contributed by atoms with E-state index in [4.69, 9.17) is 0 Å². The first kappa shape index (κ1) is 17.2. The smallest absolute Gasteiger partial charge is 0.303 e. The molecule has 2 aromatic rings. The predicted molar refractivity (Wildman–Crippen MR) is 92.5 cm³/mol. The van der Waals surface area contributed by atoms with Gasteiger partial charge >= 0.3 is 6.18 Å². The van der Waals surface area contributed by atoms with E-state index in [-0.39, 0.29) is 11.5 Å². The van der Waals surface area contributed by atoms with Crippen molar-refractivity contribution < 1.29 is 18.0 Å². The van der Waals surface area contributed by atoms with Gasteiger partial charge in [0.25, 0.3) is 0 Å². The van der Waals surface area contributed by atoms with E-state index in [0.29, 0.717) is 22.0 Å². The van der Waals surface area contributed by atoms with E-state index in [1.54, 1.807) is 30.3 Å². The Hall–Kier alpha value is -2.61. The van der Waals surface area contributed by atoms with Gasteiger partial charge < -0.3 is 5.32 Å². The molecule has 4 nitrogen and oxygen atoms in total. The van der Waals surface area contributed by atoms with E-state index in [1.165, 1.54) is 30.1 Å². The molecule has 3 rings (SSSR count). The molecule has 0 unspecified atom stereocenters. The first-order chi connectivity index (χ1) is 11.9. The molecule has 0 bridgehead atoms. The number of nitrogens with one attached hydrogen (secondary N) is 1. The van der Waals surface area contributed by atoms with Crippen LogP contribution in [0.4, 0.5) is 13.2 Å². The molecular formula is C17H12F3N3OS.